The fraction of sp³-hybridized carbons (Fsp3) is 0.421. The predicted octanol–water partition coefficient (Wildman–Crippen LogP) is 3.26. The Kier molecular flexibility index (Phi) is 4.55. The summed E-state index contributed by atoms with van der Waals surface area (Å²) < 4.78 is 0. The number of rotatable bonds is 3. The molecule has 0 saturated carbocycles. The average Bonchev–Trinajstić information content (AvgIpc) is 2.71. The van der Waals surface area contributed by atoms with Gasteiger partial charge >= 0.3 is 0 Å². The average molecular weight is 296 g/mol. The van der Waals surface area contributed by atoms with Gasteiger partial charge in [-0.1, -0.05) is 36.4 Å². The van der Waals surface area contributed by atoms with E-state index in [1.807, 2.05) is 31.2 Å². The molecule has 0 spiro atoms. The molecule has 1 aliphatic rings. The van der Waals surface area contributed by atoms with E-state index in [4.69, 9.17) is 0 Å². The SMILES string of the molecule is Cc1cccc(C2(O)CCCCN(Cc3ccccc3)C2)n1. The van der Waals surface area contributed by atoms with Crippen molar-refractivity contribution in [3.05, 3.63) is 65.5 Å². The molecule has 2 aromatic rings. The first-order valence-electron chi connectivity index (χ1n) is 8.08. The zero-order valence-electron chi connectivity index (χ0n) is 13.2. The van der Waals surface area contributed by atoms with Crippen molar-refractivity contribution < 1.29 is 5.11 Å². The molecule has 3 heteroatoms. The van der Waals surface area contributed by atoms with E-state index in [2.05, 4.69) is 34.1 Å². The molecular formula is C19H24N2O. The van der Waals surface area contributed by atoms with Crippen molar-refractivity contribution >= 4 is 0 Å². The molecule has 1 aromatic carbocycles. The highest BCUT2D eigenvalue weighted by Gasteiger charge is 2.34. The summed E-state index contributed by atoms with van der Waals surface area (Å²) in [6.45, 7) is 4.54. The van der Waals surface area contributed by atoms with Gasteiger partial charge in [-0.2, -0.15) is 0 Å². The number of aryl methyl sites for hydroxylation is 1. The van der Waals surface area contributed by atoms with Crippen molar-refractivity contribution in [2.75, 3.05) is 13.1 Å². The largest absolute Gasteiger partial charge is 0.382 e. The van der Waals surface area contributed by atoms with Gasteiger partial charge in [0.2, 0.25) is 0 Å². The van der Waals surface area contributed by atoms with Gasteiger partial charge in [-0.3, -0.25) is 9.88 Å². The van der Waals surface area contributed by atoms with Crippen LogP contribution >= 0.6 is 0 Å². The summed E-state index contributed by atoms with van der Waals surface area (Å²) >= 11 is 0. The number of nitrogens with zero attached hydrogens (tertiary/aromatic N) is 2. The molecular weight excluding hydrogens is 272 g/mol. The van der Waals surface area contributed by atoms with Crippen LogP contribution in [0.3, 0.4) is 0 Å². The first kappa shape index (κ1) is 15.2. The fourth-order valence-electron chi connectivity index (χ4n) is 3.27. The second kappa shape index (κ2) is 6.59. The van der Waals surface area contributed by atoms with Crippen LogP contribution in [0.4, 0.5) is 0 Å². The van der Waals surface area contributed by atoms with Gasteiger partial charge in [-0.05, 0) is 50.4 Å². The Balaban J connectivity index is 1.80. The van der Waals surface area contributed by atoms with E-state index in [9.17, 15) is 5.11 Å². The smallest absolute Gasteiger partial charge is 0.119 e. The maximum atomic E-state index is 11.2. The van der Waals surface area contributed by atoms with E-state index >= 15 is 0 Å². The van der Waals surface area contributed by atoms with Crippen molar-refractivity contribution in [1.82, 2.24) is 9.88 Å². The summed E-state index contributed by atoms with van der Waals surface area (Å²) in [5, 5.41) is 11.2. The molecule has 0 amide bonds. The van der Waals surface area contributed by atoms with E-state index in [-0.39, 0.29) is 0 Å². The van der Waals surface area contributed by atoms with Crippen LogP contribution in [0.1, 0.15) is 36.2 Å². The molecule has 1 aliphatic heterocycles. The number of hydrogen-bond donors (Lipinski definition) is 1. The molecule has 1 saturated heterocycles. The predicted molar refractivity (Wildman–Crippen MR) is 88.4 cm³/mol. The van der Waals surface area contributed by atoms with E-state index in [1.54, 1.807) is 0 Å². The van der Waals surface area contributed by atoms with E-state index in [1.165, 1.54) is 5.56 Å². The summed E-state index contributed by atoms with van der Waals surface area (Å²) in [5.41, 5.74) is 2.23. The molecule has 2 heterocycles. The Bertz CT molecular complexity index is 614. The van der Waals surface area contributed by atoms with E-state index in [0.717, 1.165) is 43.7 Å². The fourth-order valence-corrected chi connectivity index (χ4v) is 3.27. The number of aliphatic hydroxyl groups is 1. The number of pyridine rings is 1. The van der Waals surface area contributed by atoms with Crippen molar-refractivity contribution in [1.29, 1.82) is 0 Å². The molecule has 116 valence electrons. The number of hydrogen-bond acceptors (Lipinski definition) is 3. The van der Waals surface area contributed by atoms with Gasteiger partial charge in [0.15, 0.2) is 0 Å². The third-order valence-electron chi connectivity index (χ3n) is 4.41. The van der Waals surface area contributed by atoms with Gasteiger partial charge in [0.1, 0.15) is 5.60 Å². The lowest BCUT2D eigenvalue weighted by molar-refractivity contribution is -0.00379. The molecule has 0 radical (unpaired) electrons. The van der Waals surface area contributed by atoms with Gasteiger partial charge in [-0.25, -0.2) is 0 Å². The Hall–Kier alpha value is -1.71. The third kappa shape index (κ3) is 3.54. The lowest BCUT2D eigenvalue weighted by Gasteiger charge is -2.31. The highest BCUT2D eigenvalue weighted by atomic mass is 16.3. The molecule has 1 atom stereocenters. The van der Waals surface area contributed by atoms with Crippen LogP contribution in [0.2, 0.25) is 0 Å². The highest BCUT2D eigenvalue weighted by Crippen LogP contribution is 2.30. The number of aromatic nitrogens is 1. The van der Waals surface area contributed by atoms with Crippen molar-refractivity contribution in [3.8, 4) is 0 Å². The van der Waals surface area contributed by atoms with Crippen LogP contribution in [0.25, 0.3) is 0 Å². The van der Waals surface area contributed by atoms with Gasteiger partial charge in [0.05, 0.1) is 5.69 Å². The lowest BCUT2D eigenvalue weighted by Crippen LogP contribution is -2.39. The summed E-state index contributed by atoms with van der Waals surface area (Å²) in [7, 11) is 0. The number of likely N-dealkylation sites (tertiary alicyclic amines) is 1. The molecule has 0 bridgehead atoms. The number of β-amino-alcohol motifs (C(OH)–C–C–N with tert-alkyl or cyclic N) is 1. The van der Waals surface area contributed by atoms with Crippen molar-refractivity contribution in [3.63, 3.8) is 0 Å². The molecule has 1 fully saturated rings. The molecule has 0 aliphatic carbocycles. The summed E-state index contributed by atoms with van der Waals surface area (Å²) in [4.78, 5) is 6.93. The first-order valence-corrected chi connectivity index (χ1v) is 8.08. The first-order chi connectivity index (χ1) is 10.7. The molecule has 22 heavy (non-hydrogen) atoms. The molecule has 3 rings (SSSR count). The van der Waals surface area contributed by atoms with Crippen LogP contribution in [0.5, 0.6) is 0 Å². The van der Waals surface area contributed by atoms with Gasteiger partial charge in [-0.15, -0.1) is 0 Å². The van der Waals surface area contributed by atoms with Crippen LogP contribution in [-0.2, 0) is 12.1 Å². The molecule has 1 aromatic heterocycles. The minimum Gasteiger partial charge on any atom is -0.382 e. The lowest BCUT2D eigenvalue weighted by atomic mass is 9.93. The summed E-state index contributed by atoms with van der Waals surface area (Å²) in [6.07, 6.45) is 2.95. The Labute approximate surface area is 132 Å². The van der Waals surface area contributed by atoms with Gasteiger partial charge in [0.25, 0.3) is 0 Å². The topological polar surface area (TPSA) is 36.4 Å². The third-order valence-corrected chi connectivity index (χ3v) is 4.41. The highest BCUT2D eigenvalue weighted by molar-refractivity contribution is 5.19. The Morgan fingerprint density at radius 2 is 1.91 bits per heavy atom. The van der Waals surface area contributed by atoms with Gasteiger partial charge in [0, 0.05) is 18.8 Å². The van der Waals surface area contributed by atoms with Crippen molar-refractivity contribution in [2.24, 2.45) is 0 Å². The standard InChI is InChI=1S/C19H24N2O/c1-16-8-7-11-18(20-16)19(22)12-5-6-13-21(15-19)14-17-9-3-2-4-10-17/h2-4,7-11,22H,5-6,12-15H2,1H3. The molecule has 1 unspecified atom stereocenters. The Morgan fingerprint density at radius 1 is 1.09 bits per heavy atom. The van der Waals surface area contributed by atoms with Crippen LogP contribution in [0, 0.1) is 6.92 Å². The maximum absolute atomic E-state index is 11.2. The monoisotopic (exact) mass is 296 g/mol. The van der Waals surface area contributed by atoms with Crippen molar-refractivity contribution in [2.45, 2.75) is 38.3 Å². The second-order valence-corrected chi connectivity index (χ2v) is 6.35. The maximum Gasteiger partial charge on any atom is 0.119 e. The minimum atomic E-state index is -0.836. The minimum absolute atomic E-state index is 0.651. The van der Waals surface area contributed by atoms with Crippen LogP contribution in [0.15, 0.2) is 48.5 Å². The van der Waals surface area contributed by atoms with Gasteiger partial charge < -0.3 is 5.11 Å². The van der Waals surface area contributed by atoms with Crippen LogP contribution < -0.4 is 0 Å². The molecule has 1 N–H and O–H groups in total. The number of benzene rings is 1. The van der Waals surface area contributed by atoms with E-state index in [0.29, 0.717) is 6.54 Å². The summed E-state index contributed by atoms with van der Waals surface area (Å²) in [6, 6.07) is 16.4. The zero-order chi connectivity index (χ0) is 15.4. The van der Waals surface area contributed by atoms with E-state index < -0.39 is 5.60 Å². The normalized spacial score (nSPS) is 23.2. The summed E-state index contributed by atoms with van der Waals surface area (Å²) in [5.74, 6) is 0. The quantitative estimate of drug-likeness (QED) is 0.944. The zero-order valence-corrected chi connectivity index (χ0v) is 13.2. The molecule has 3 nitrogen and oxygen atoms in total. The van der Waals surface area contributed by atoms with Crippen LogP contribution in [-0.4, -0.2) is 28.1 Å². The Morgan fingerprint density at radius 3 is 2.68 bits per heavy atom. The second-order valence-electron chi connectivity index (χ2n) is 6.35.